The molecule has 4 heteroatoms. The number of benzene rings is 1. The number of methoxy groups -OCH3 is 1. The molecule has 0 fully saturated rings. The molecular weight excluding hydrogens is 206 g/mol. The molecule has 2 N–H and O–H groups in total. The average Bonchev–Trinajstić information content (AvgIpc) is 2.27. The van der Waals surface area contributed by atoms with Gasteiger partial charge in [-0.15, -0.1) is 0 Å². The number of ether oxygens (including phenoxy) is 1. The summed E-state index contributed by atoms with van der Waals surface area (Å²) in [6.45, 7) is 3.11. The van der Waals surface area contributed by atoms with E-state index in [4.69, 9.17) is 14.6 Å². The average molecular weight is 223 g/mol. The first-order valence-electron chi connectivity index (χ1n) is 5.20. The van der Waals surface area contributed by atoms with E-state index < -0.39 is 5.97 Å². The molecule has 16 heavy (non-hydrogen) atoms. The monoisotopic (exact) mass is 223 g/mol. The Kier molecular flexibility index (Phi) is 4.79. The third-order valence-corrected chi connectivity index (χ3v) is 2.32. The molecule has 1 aliphatic heterocycles. The van der Waals surface area contributed by atoms with Gasteiger partial charge in [-0.3, -0.25) is 4.79 Å². The molecule has 1 heterocycles. The molecule has 0 spiro atoms. The predicted molar refractivity (Wildman–Crippen MR) is 61.7 cm³/mol. The lowest BCUT2D eigenvalue weighted by atomic mass is 10.0. The van der Waals surface area contributed by atoms with Crippen molar-refractivity contribution < 1.29 is 14.6 Å². The Labute approximate surface area is 95.2 Å². The number of carbonyl (C=O) groups is 1. The summed E-state index contributed by atoms with van der Waals surface area (Å²) >= 11 is 0. The SMILES string of the molecule is CC(=O)O.COc1cccc2c1CNCC2. The van der Waals surface area contributed by atoms with Gasteiger partial charge in [-0.25, -0.2) is 0 Å². The second-order valence-corrected chi connectivity index (χ2v) is 3.54. The molecule has 0 radical (unpaired) electrons. The van der Waals surface area contributed by atoms with E-state index in [-0.39, 0.29) is 0 Å². The molecule has 1 aromatic carbocycles. The molecule has 0 aromatic heterocycles. The number of fused-ring (bicyclic) bond motifs is 1. The van der Waals surface area contributed by atoms with Crippen LogP contribution >= 0.6 is 0 Å². The third-order valence-electron chi connectivity index (χ3n) is 2.32. The van der Waals surface area contributed by atoms with Gasteiger partial charge < -0.3 is 15.2 Å². The van der Waals surface area contributed by atoms with E-state index >= 15 is 0 Å². The van der Waals surface area contributed by atoms with Crippen LogP contribution in [0.5, 0.6) is 5.75 Å². The first-order chi connectivity index (χ1) is 7.65. The van der Waals surface area contributed by atoms with Crippen LogP contribution in [0.3, 0.4) is 0 Å². The van der Waals surface area contributed by atoms with Crippen LogP contribution in [0.2, 0.25) is 0 Å². The molecule has 0 bridgehead atoms. The van der Waals surface area contributed by atoms with E-state index in [9.17, 15) is 0 Å². The molecule has 0 atom stereocenters. The molecule has 2 rings (SSSR count). The quantitative estimate of drug-likeness (QED) is 0.756. The van der Waals surface area contributed by atoms with Crippen molar-refractivity contribution >= 4 is 5.97 Å². The molecule has 0 saturated carbocycles. The summed E-state index contributed by atoms with van der Waals surface area (Å²) in [5.74, 6) is 0.180. The molecule has 1 aliphatic rings. The summed E-state index contributed by atoms with van der Waals surface area (Å²) in [7, 11) is 1.73. The van der Waals surface area contributed by atoms with Crippen LogP contribution in [-0.2, 0) is 17.8 Å². The standard InChI is InChI=1S/C10H13NO.C2H4O2/c1-12-10-4-2-3-8-5-6-11-7-9(8)10;1-2(3)4/h2-4,11H,5-7H2,1H3;1H3,(H,3,4). The van der Waals surface area contributed by atoms with E-state index in [0.717, 1.165) is 32.2 Å². The summed E-state index contributed by atoms with van der Waals surface area (Å²) in [4.78, 5) is 9.00. The number of aliphatic carboxylic acids is 1. The smallest absolute Gasteiger partial charge is 0.300 e. The summed E-state index contributed by atoms with van der Waals surface area (Å²) in [5, 5.41) is 10.8. The van der Waals surface area contributed by atoms with Crippen molar-refractivity contribution in [2.24, 2.45) is 0 Å². The molecule has 4 nitrogen and oxygen atoms in total. The van der Waals surface area contributed by atoms with Gasteiger partial charge in [0, 0.05) is 19.0 Å². The van der Waals surface area contributed by atoms with Gasteiger partial charge in [0.1, 0.15) is 5.75 Å². The van der Waals surface area contributed by atoms with Crippen LogP contribution in [-0.4, -0.2) is 24.7 Å². The fraction of sp³-hybridized carbons (Fsp3) is 0.417. The third kappa shape index (κ3) is 3.55. The van der Waals surface area contributed by atoms with Crippen molar-refractivity contribution in [3.8, 4) is 5.75 Å². The van der Waals surface area contributed by atoms with E-state index in [1.165, 1.54) is 11.1 Å². The summed E-state index contributed by atoms with van der Waals surface area (Å²) in [6.07, 6.45) is 1.12. The normalized spacial score (nSPS) is 13.1. The van der Waals surface area contributed by atoms with Crippen LogP contribution in [0, 0.1) is 0 Å². The van der Waals surface area contributed by atoms with E-state index in [1.807, 2.05) is 6.07 Å². The molecule has 88 valence electrons. The van der Waals surface area contributed by atoms with Crippen molar-refractivity contribution in [1.29, 1.82) is 0 Å². The first kappa shape index (κ1) is 12.5. The Bertz CT molecular complexity index is 345. The lowest BCUT2D eigenvalue weighted by molar-refractivity contribution is -0.134. The van der Waals surface area contributed by atoms with Crippen molar-refractivity contribution in [2.45, 2.75) is 19.9 Å². The molecule has 0 aliphatic carbocycles. The van der Waals surface area contributed by atoms with Gasteiger partial charge in [0.15, 0.2) is 0 Å². The fourth-order valence-corrected chi connectivity index (χ4v) is 1.67. The number of hydrogen-bond acceptors (Lipinski definition) is 3. The van der Waals surface area contributed by atoms with Crippen LogP contribution in [0.4, 0.5) is 0 Å². The Balaban J connectivity index is 0.000000280. The second kappa shape index (κ2) is 6.12. The molecule has 1 aromatic rings. The van der Waals surface area contributed by atoms with Crippen LogP contribution < -0.4 is 10.1 Å². The molecule has 0 unspecified atom stereocenters. The van der Waals surface area contributed by atoms with Gasteiger partial charge in [0.05, 0.1) is 7.11 Å². The first-order valence-corrected chi connectivity index (χ1v) is 5.20. The number of nitrogens with one attached hydrogen (secondary N) is 1. The van der Waals surface area contributed by atoms with Crippen LogP contribution in [0.15, 0.2) is 18.2 Å². The Morgan fingerprint density at radius 3 is 2.81 bits per heavy atom. The Morgan fingerprint density at radius 2 is 2.19 bits per heavy atom. The molecule has 0 saturated heterocycles. The second-order valence-electron chi connectivity index (χ2n) is 3.54. The summed E-state index contributed by atoms with van der Waals surface area (Å²) in [6, 6.07) is 6.26. The highest BCUT2D eigenvalue weighted by molar-refractivity contribution is 5.62. The van der Waals surface area contributed by atoms with Gasteiger partial charge in [-0.2, -0.15) is 0 Å². The van der Waals surface area contributed by atoms with Gasteiger partial charge >= 0.3 is 0 Å². The zero-order valence-corrected chi connectivity index (χ0v) is 9.62. The fourth-order valence-electron chi connectivity index (χ4n) is 1.67. The van der Waals surface area contributed by atoms with Crippen LogP contribution in [0.25, 0.3) is 0 Å². The maximum atomic E-state index is 9.00. The van der Waals surface area contributed by atoms with E-state index in [1.54, 1.807) is 7.11 Å². The van der Waals surface area contributed by atoms with E-state index in [0.29, 0.717) is 0 Å². The predicted octanol–water partition coefficient (Wildman–Crippen LogP) is 1.43. The lowest BCUT2D eigenvalue weighted by Gasteiger charge is -2.19. The highest BCUT2D eigenvalue weighted by Gasteiger charge is 2.11. The zero-order valence-electron chi connectivity index (χ0n) is 9.62. The Morgan fingerprint density at radius 1 is 1.50 bits per heavy atom. The topological polar surface area (TPSA) is 58.6 Å². The zero-order chi connectivity index (χ0) is 12.0. The number of carboxylic acid groups (broad SMARTS) is 1. The van der Waals surface area contributed by atoms with Gasteiger partial charge in [-0.1, -0.05) is 12.1 Å². The highest BCUT2D eigenvalue weighted by atomic mass is 16.5. The minimum atomic E-state index is -0.833. The largest absolute Gasteiger partial charge is 0.496 e. The Hall–Kier alpha value is -1.55. The van der Waals surface area contributed by atoms with E-state index in [2.05, 4.69) is 17.4 Å². The van der Waals surface area contributed by atoms with Crippen molar-refractivity contribution in [2.75, 3.05) is 13.7 Å². The maximum absolute atomic E-state index is 9.00. The van der Waals surface area contributed by atoms with Gasteiger partial charge in [-0.05, 0) is 24.6 Å². The van der Waals surface area contributed by atoms with Gasteiger partial charge in [0.25, 0.3) is 5.97 Å². The van der Waals surface area contributed by atoms with Gasteiger partial charge in [0.2, 0.25) is 0 Å². The van der Waals surface area contributed by atoms with Crippen LogP contribution in [0.1, 0.15) is 18.1 Å². The minimum Gasteiger partial charge on any atom is -0.496 e. The minimum absolute atomic E-state index is 0.833. The summed E-state index contributed by atoms with van der Waals surface area (Å²) < 4.78 is 5.27. The van der Waals surface area contributed by atoms with Crippen molar-refractivity contribution in [3.63, 3.8) is 0 Å². The molecular formula is C12H17NO3. The summed E-state index contributed by atoms with van der Waals surface area (Å²) in [5.41, 5.74) is 2.75. The maximum Gasteiger partial charge on any atom is 0.300 e. The lowest BCUT2D eigenvalue weighted by Crippen LogP contribution is -2.23. The number of rotatable bonds is 1. The number of carboxylic acids is 1. The molecule has 0 amide bonds. The highest BCUT2D eigenvalue weighted by Crippen LogP contribution is 2.24. The number of hydrogen-bond donors (Lipinski definition) is 2. The van der Waals surface area contributed by atoms with Crippen molar-refractivity contribution in [1.82, 2.24) is 5.32 Å². The van der Waals surface area contributed by atoms with Crippen molar-refractivity contribution in [3.05, 3.63) is 29.3 Å².